The molecule has 0 aliphatic carbocycles. The Hall–Kier alpha value is -3.11. The normalized spacial score (nSPS) is 12.1. The molecule has 1 heterocycles. The zero-order valence-electron chi connectivity index (χ0n) is 19.4. The fourth-order valence-electron chi connectivity index (χ4n) is 3.46. The van der Waals surface area contributed by atoms with Crippen LogP contribution in [0.5, 0.6) is 11.5 Å². The molecule has 0 saturated heterocycles. The molecule has 0 aliphatic rings. The number of nitrogens with zero attached hydrogens (tertiary/aromatic N) is 2. The molecule has 10 heteroatoms. The Kier molecular flexibility index (Phi) is 7.61. The van der Waals surface area contributed by atoms with Crippen molar-refractivity contribution in [2.45, 2.75) is 11.4 Å². The molecule has 0 atom stereocenters. The van der Waals surface area contributed by atoms with Crippen molar-refractivity contribution in [2.24, 2.45) is 12.0 Å². The fourth-order valence-corrected chi connectivity index (χ4v) is 5.92. The van der Waals surface area contributed by atoms with Crippen LogP contribution in [-0.4, -0.2) is 27.2 Å². The van der Waals surface area contributed by atoms with Gasteiger partial charge in [0.1, 0.15) is 16.4 Å². The van der Waals surface area contributed by atoms with E-state index in [-0.39, 0.29) is 16.5 Å². The summed E-state index contributed by atoms with van der Waals surface area (Å²) in [6, 6.07) is 19.8. The van der Waals surface area contributed by atoms with Gasteiger partial charge in [0.05, 0.1) is 30.6 Å². The van der Waals surface area contributed by atoms with Crippen LogP contribution in [0.3, 0.4) is 0 Å². The highest BCUT2D eigenvalue weighted by Crippen LogP contribution is 2.30. The van der Waals surface area contributed by atoms with Crippen LogP contribution in [0.15, 0.2) is 82.0 Å². The number of hydrogen-bond donors (Lipinski definition) is 1. The number of halogens is 1. The summed E-state index contributed by atoms with van der Waals surface area (Å²) in [7, 11) is 1.05. The summed E-state index contributed by atoms with van der Waals surface area (Å²) in [5.74, 6) is 1.14. The Balaban J connectivity index is 1.63. The van der Waals surface area contributed by atoms with Crippen molar-refractivity contribution in [1.29, 1.82) is 0 Å². The number of ether oxygens (including phenoxy) is 2. The number of hydrogen-bond acceptors (Lipinski definition) is 6. The van der Waals surface area contributed by atoms with E-state index in [0.717, 1.165) is 16.2 Å². The lowest BCUT2D eigenvalue weighted by Gasteiger charge is -2.13. The summed E-state index contributed by atoms with van der Waals surface area (Å²) in [4.78, 5) is 5.46. The van der Waals surface area contributed by atoms with E-state index in [9.17, 15) is 8.42 Å². The van der Waals surface area contributed by atoms with Gasteiger partial charge in [0, 0.05) is 36.2 Å². The van der Waals surface area contributed by atoms with Gasteiger partial charge in [-0.3, -0.25) is 0 Å². The molecule has 0 bridgehead atoms. The second-order valence-electron chi connectivity index (χ2n) is 7.56. The van der Waals surface area contributed by atoms with E-state index in [1.54, 1.807) is 43.5 Å². The van der Waals surface area contributed by atoms with Gasteiger partial charge in [0.2, 0.25) is 10.0 Å². The fraction of sp³-hybridized carbons (Fsp3) is 0.160. The van der Waals surface area contributed by atoms with E-state index in [1.807, 2.05) is 47.3 Å². The zero-order valence-corrected chi connectivity index (χ0v) is 21.7. The topological polar surface area (TPSA) is 81.9 Å². The predicted molar refractivity (Wildman–Crippen MR) is 139 cm³/mol. The Bertz CT molecular complexity index is 1510. The van der Waals surface area contributed by atoms with Crippen LogP contribution < -0.4 is 19.0 Å². The molecule has 0 spiro atoms. The average molecular weight is 530 g/mol. The Morgan fingerprint density at radius 1 is 1.03 bits per heavy atom. The number of para-hydroxylation sites is 1. The first-order valence-electron chi connectivity index (χ1n) is 10.6. The molecule has 1 N–H and O–H groups in total. The second kappa shape index (κ2) is 10.7. The highest BCUT2D eigenvalue weighted by Gasteiger charge is 2.20. The molecule has 7 nitrogen and oxygen atoms in total. The number of nitrogens with one attached hydrogen (secondary N) is 1. The van der Waals surface area contributed by atoms with E-state index in [4.69, 9.17) is 21.1 Å². The van der Waals surface area contributed by atoms with E-state index in [2.05, 4.69) is 9.71 Å². The Morgan fingerprint density at radius 2 is 1.80 bits per heavy atom. The average Bonchev–Trinajstić information content (AvgIpc) is 3.23. The zero-order chi connectivity index (χ0) is 25.0. The molecule has 182 valence electrons. The van der Waals surface area contributed by atoms with Crippen molar-refractivity contribution < 1.29 is 17.9 Å². The molecule has 0 unspecified atom stereocenters. The summed E-state index contributed by atoms with van der Waals surface area (Å²) in [5.41, 5.74) is 3.05. The van der Waals surface area contributed by atoms with Crippen LogP contribution >= 0.6 is 22.9 Å². The first-order chi connectivity index (χ1) is 16.8. The smallest absolute Gasteiger partial charge is 0.242 e. The van der Waals surface area contributed by atoms with E-state index in [0.29, 0.717) is 22.6 Å². The minimum absolute atomic E-state index is 0.00288. The monoisotopic (exact) mass is 529 g/mol. The maximum Gasteiger partial charge on any atom is 0.242 e. The molecular weight excluding hydrogens is 506 g/mol. The third-order valence-corrected chi connectivity index (χ3v) is 8.17. The number of methoxy groups -OCH3 is 2. The number of sulfonamides is 1. The quantitative estimate of drug-likeness (QED) is 0.343. The number of thiazole rings is 1. The van der Waals surface area contributed by atoms with Crippen LogP contribution in [-0.2, 0) is 23.6 Å². The molecule has 4 rings (SSSR count). The third kappa shape index (κ3) is 5.59. The lowest BCUT2D eigenvalue weighted by Crippen LogP contribution is -2.24. The second-order valence-corrected chi connectivity index (χ2v) is 10.5. The van der Waals surface area contributed by atoms with Gasteiger partial charge < -0.3 is 14.0 Å². The third-order valence-electron chi connectivity index (χ3n) is 5.37. The van der Waals surface area contributed by atoms with E-state index >= 15 is 0 Å². The van der Waals surface area contributed by atoms with Gasteiger partial charge in [0.25, 0.3) is 0 Å². The Morgan fingerprint density at radius 3 is 2.51 bits per heavy atom. The molecule has 0 radical (unpaired) electrons. The maximum atomic E-state index is 13.2. The van der Waals surface area contributed by atoms with Gasteiger partial charge >= 0.3 is 0 Å². The lowest BCUT2D eigenvalue weighted by atomic mass is 10.2. The van der Waals surface area contributed by atoms with Crippen molar-refractivity contribution in [3.63, 3.8) is 0 Å². The number of rotatable bonds is 8. The van der Waals surface area contributed by atoms with Crippen molar-refractivity contribution in [3.8, 4) is 22.8 Å². The number of benzene rings is 3. The minimum atomic E-state index is -3.91. The highest BCUT2D eigenvalue weighted by atomic mass is 35.5. The van der Waals surface area contributed by atoms with Gasteiger partial charge in [-0.25, -0.2) is 18.1 Å². The summed E-state index contributed by atoms with van der Waals surface area (Å²) in [6.45, 7) is 0.0301. The standard InChI is InChI=1S/C25H24ClN3O4S2/c1-29-22(16-34-25(29)28-19-7-5-4-6-8-19)17-10-12-21(26)24(13-17)35(30,31)27-15-18-9-11-20(32-2)14-23(18)33-3/h4-14,16,27H,15H2,1-3H3. The Labute approximate surface area is 213 Å². The summed E-state index contributed by atoms with van der Waals surface area (Å²) < 4.78 is 41.5. The van der Waals surface area contributed by atoms with E-state index < -0.39 is 10.0 Å². The van der Waals surface area contributed by atoms with Crippen LogP contribution in [0.4, 0.5) is 5.69 Å². The molecule has 35 heavy (non-hydrogen) atoms. The van der Waals surface area contributed by atoms with Crippen LogP contribution in [0.25, 0.3) is 11.3 Å². The van der Waals surface area contributed by atoms with E-state index in [1.165, 1.54) is 18.4 Å². The molecule has 4 aromatic rings. The molecular formula is C25H24ClN3O4S2. The first kappa shape index (κ1) is 25.0. The lowest BCUT2D eigenvalue weighted by molar-refractivity contribution is 0.390. The van der Waals surface area contributed by atoms with Crippen LogP contribution in [0, 0.1) is 0 Å². The summed E-state index contributed by atoms with van der Waals surface area (Å²) in [6.07, 6.45) is 0. The molecule has 0 amide bonds. The SMILES string of the molecule is COc1ccc(CNS(=O)(=O)c2cc(-c3csc(=Nc4ccccc4)n3C)ccc2Cl)c(OC)c1. The minimum Gasteiger partial charge on any atom is -0.497 e. The van der Waals surface area contributed by atoms with Gasteiger partial charge in [-0.2, -0.15) is 0 Å². The maximum absolute atomic E-state index is 13.2. The highest BCUT2D eigenvalue weighted by molar-refractivity contribution is 7.89. The van der Waals surface area contributed by atoms with Gasteiger partial charge in [-0.05, 0) is 30.3 Å². The van der Waals surface area contributed by atoms with Gasteiger partial charge in [-0.15, -0.1) is 11.3 Å². The summed E-state index contributed by atoms with van der Waals surface area (Å²) >= 11 is 7.79. The molecule has 3 aromatic carbocycles. The summed E-state index contributed by atoms with van der Waals surface area (Å²) in [5, 5.41) is 2.08. The van der Waals surface area contributed by atoms with Crippen molar-refractivity contribution in [2.75, 3.05) is 14.2 Å². The number of aromatic nitrogens is 1. The van der Waals surface area contributed by atoms with Crippen LogP contribution in [0.1, 0.15) is 5.56 Å². The molecule has 0 saturated carbocycles. The largest absolute Gasteiger partial charge is 0.497 e. The predicted octanol–water partition coefficient (Wildman–Crippen LogP) is 5.14. The van der Waals surface area contributed by atoms with Crippen molar-refractivity contribution in [3.05, 3.63) is 87.5 Å². The van der Waals surface area contributed by atoms with Gasteiger partial charge in [0.15, 0.2) is 4.80 Å². The molecule has 0 fully saturated rings. The molecule has 1 aromatic heterocycles. The van der Waals surface area contributed by atoms with Crippen molar-refractivity contribution >= 4 is 38.6 Å². The van der Waals surface area contributed by atoms with Gasteiger partial charge in [-0.1, -0.05) is 41.9 Å². The van der Waals surface area contributed by atoms with Crippen molar-refractivity contribution in [1.82, 2.24) is 9.29 Å². The molecule has 0 aliphatic heterocycles. The van der Waals surface area contributed by atoms with Crippen LogP contribution in [0.2, 0.25) is 5.02 Å². The first-order valence-corrected chi connectivity index (χ1v) is 13.3.